The first-order valence-corrected chi connectivity index (χ1v) is 13.5. The summed E-state index contributed by atoms with van der Waals surface area (Å²) in [7, 11) is -1.11. The molecule has 31 heavy (non-hydrogen) atoms. The molecular formula is C24H33N2O3SSi. The summed E-state index contributed by atoms with van der Waals surface area (Å²) in [6.07, 6.45) is 3.69. The van der Waals surface area contributed by atoms with Crippen LogP contribution in [0.3, 0.4) is 0 Å². The van der Waals surface area contributed by atoms with Crippen molar-refractivity contribution in [3.8, 4) is 6.07 Å². The van der Waals surface area contributed by atoms with Crippen molar-refractivity contribution in [2.75, 3.05) is 13.1 Å². The number of hydrogen-bond donors (Lipinski definition) is 0. The number of rotatable bonds is 2. The second-order valence-corrected chi connectivity index (χ2v) is 14.6. The van der Waals surface area contributed by atoms with E-state index in [0.717, 1.165) is 29.1 Å². The molecule has 5 nitrogen and oxygen atoms in total. The zero-order chi connectivity index (χ0) is 23.0. The molecule has 1 fully saturated rings. The number of hydrogen-bond acceptors (Lipinski definition) is 5. The number of nitrogens with zero attached hydrogens (tertiary/aromatic N) is 2. The summed E-state index contributed by atoms with van der Waals surface area (Å²) >= 11 is 1.83. The smallest absolute Gasteiger partial charge is 0.410 e. The highest BCUT2D eigenvalue weighted by molar-refractivity contribution is 8.01. The van der Waals surface area contributed by atoms with E-state index >= 15 is 0 Å². The molecule has 1 spiro atoms. The van der Waals surface area contributed by atoms with Crippen molar-refractivity contribution < 1.29 is 14.0 Å². The molecular weight excluding hydrogens is 424 g/mol. The third-order valence-corrected chi connectivity index (χ3v) is 9.81. The van der Waals surface area contributed by atoms with Crippen molar-refractivity contribution in [1.82, 2.24) is 4.90 Å². The molecule has 1 saturated heterocycles. The molecule has 0 bridgehead atoms. The first-order valence-electron chi connectivity index (χ1n) is 10.8. The van der Waals surface area contributed by atoms with Gasteiger partial charge in [0.15, 0.2) is 0 Å². The Balaban J connectivity index is 1.86. The molecule has 2 aliphatic rings. The molecule has 1 amide bonds. The Bertz CT molecular complexity index is 916. The zero-order valence-corrected chi connectivity index (χ0v) is 21.5. The van der Waals surface area contributed by atoms with Crippen LogP contribution in [-0.4, -0.2) is 43.5 Å². The summed E-state index contributed by atoms with van der Waals surface area (Å²) in [6, 6.07) is 8.10. The molecule has 167 valence electrons. The van der Waals surface area contributed by atoms with Crippen LogP contribution in [0.1, 0.15) is 65.5 Å². The van der Waals surface area contributed by atoms with Crippen molar-refractivity contribution in [3.63, 3.8) is 0 Å². The fourth-order valence-electron chi connectivity index (χ4n) is 3.49. The number of carbonyl (C=O) groups excluding carboxylic acids is 1. The minimum absolute atomic E-state index is 0.0936. The number of fused-ring (bicyclic) bond motifs is 1. The zero-order valence-electron chi connectivity index (χ0n) is 19.7. The van der Waals surface area contributed by atoms with Gasteiger partial charge in [0.05, 0.1) is 11.6 Å². The predicted molar refractivity (Wildman–Crippen MR) is 127 cm³/mol. The summed E-state index contributed by atoms with van der Waals surface area (Å²) in [4.78, 5) is 15.5. The van der Waals surface area contributed by atoms with Crippen LogP contribution < -0.4 is 0 Å². The van der Waals surface area contributed by atoms with Gasteiger partial charge in [-0.15, -0.1) is 11.8 Å². The number of thioether (sulfide) groups is 1. The number of amides is 1. The van der Waals surface area contributed by atoms with Crippen LogP contribution >= 0.6 is 11.8 Å². The lowest BCUT2D eigenvalue weighted by molar-refractivity contribution is 0.0207. The molecule has 2 aliphatic heterocycles. The van der Waals surface area contributed by atoms with Gasteiger partial charge in [-0.1, -0.05) is 20.8 Å². The van der Waals surface area contributed by atoms with Crippen LogP contribution in [0.15, 0.2) is 29.2 Å². The van der Waals surface area contributed by atoms with E-state index in [4.69, 9.17) is 9.16 Å². The number of likely N-dealkylation sites (tertiary alicyclic amines) is 1. The molecule has 1 aromatic rings. The minimum atomic E-state index is -1.11. The Kier molecular flexibility index (Phi) is 6.55. The van der Waals surface area contributed by atoms with Gasteiger partial charge in [0.2, 0.25) is 0 Å². The van der Waals surface area contributed by atoms with E-state index in [1.54, 1.807) is 0 Å². The second-order valence-electron chi connectivity index (χ2n) is 10.4. The largest absolute Gasteiger partial charge is 0.542 e. The van der Waals surface area contributed by atoms with Gasteiger partial charge in [-0.2, -0.15) is 5.26 Å². The predicted octanol–water partition coefficient (Wildman–Crippen LogP) is 6.21. The van der Waals surface area contributed by atoms with Gasteiger partial charge in [0, 0.05) is 28.3 Å². The highest BCUT2D eigenvalue weighted by Crippen LogP contribution is 2.50. The summed E-state index contributed by atoms with van der Waals surface area (Å²) in [6.45, 7) is 15.8. The van der Waals surface area contributed by atoms with Crippen LogP contribution in [0.25, 0.3) is 5.76 Å². The van der Waals surface area contributed by atoms with E-state index in [0.29, 0.717) is 18.7 Å². The summed E-state index contributed by atoms with van der Waals surface area (Å²) in [5.41, 5.74) is 1.17. The third-order valence-electron chi connectivity index (χ3n) is 5.66. The summed E-state index contributed by atoms with van der Waals surface area (Å²) in [5.74, 6) is 0.892. The van der Waals surface area contributed by atoms with Crippen LogP contribution in [0.5, 0.6) is 0 Å². The van der Waals surface area contributed by atoms with Gasteiger partial charge in [-0.25, -0.2) is 4.79 Å². The molecule has 1 radical (unpaired) electrons. The monoisotopic (exact) mass is 457 g/mol. The fraction of sp³-hybridized carbons (Fsp3) is 0.583. The average Bonchev–Trinajstić information content (AvgIpc) is 2.66. The van der Waals surface area contributed by atoms with Crippen LogP contribution in [-0.2, 0) is 9.16 Å². The maximum absolute atomic E-state index is 12.5. The third kappa shape index (κ3) is 5.66. The Morgan fingerprint density at radius 2 is 1.84 bits per heavy atom. The standard InChI is InChI=1S/C24H33N2O3SSi/c1-22(2,3)28-21(27)26-12-10-24(11-13-26)15-19(29-31(7)23(4,5)6)18-14-17(16-25)8-9-20(18)30-24/h8-9,14-15H,10-13H2,1-7H3. The van der Waals surface area contributed by atoms with Gasteiger partial charge < -0.3 is 14.1 Å². The van der Waals surface area contributed by atoms with Crippen LogP contribution in [0, 0.1) is 11.3 Å². The number of ether oxygens (including phenoxy) is 1. The number of carbonyl (C=O) groups is 1. The highest BCUT2D eigenvalue weighted by atomic mass is 32.2. The lowest BCUT2D eigenvalue weighted by atomic mass is 9.93. The van der Waals surface area contributed by atoms with Crippen molar-refractivity contribution in [2.45, 2.75) is 81.2 Å². The van der Waals surface area contributed by atoms with E-state index in [2.05, 4.69) is 39.5 Å². The van der Waals surface area contributed by atoms with Crippen molar-refractivity contribution in [2.24, 2.45) is 0 Å². The van der Waals surface area contributed by atoms with E-state index in [1.807, 2.05) is 55.6 Å². The van der Waals surface area contributed by atoms with Gasteiger partial charge in [-0.3, -0.25) is 0 Å². The van der Waals surface area contributed by atoms with E-state index < -0.39 is 14.6 Å². The molecule has 0 aromatic heterocycles. The molecule has 1 aromatic carbocycles. The van der Waals surface area contributed by atoms with Gasteiger partial charge in [-0.05, 0) is 69.5 Å². The Labute approximate surface area is 192 Å². The normalized spacial score (nSPS) is 18.3. The molecule has 0 aliphatic carbocycles. The molecule has 0 saturated carbocycles. The molecule has 3 rings (SSSR count). The van der Waals surface area contributed by atoms with Gasteiger partial charge in [0.1, 0.15) is 11.4 Å². The number of piperidine rings is 1. The minimum Gasteiger partial charge on any atom is -0.542 e. The highest BCUT2D eigenvalue weighted by Gasteiger charge is 2.41. The maximum atomic E-state index is 12.5. The first-order chi connectivity index (χ1) is 14.3. The van der Waals surface area contributed by atoms with Crippen molar-refractivity contribution >= 4 is 32.7 Å². The second kappa shape index (κ2) is 8.55. The van der Waals surface area contributed by atoms with E-state index in [9.17, 15) is 10.1 Å². The van der Waals surface area contributed by atoms with Crippen LogP contribution in [0.2, 0.25) is 11.6 Å². The van der Waals surface area contributed by atoms with Crippen LogP contribution in [0.4, 0.5) is 4.79 Å². The number of benzene rings is 1. The maximum Gasteiger partial charge on any atom is 0.410 e. The topological polar surface area (TPSA) is 62.6 Å². The van der Waals surface area contributed by atoms with E-state index in [1.165, 1.54) is 0 Å². The number of nitriles is 1. The Morgan fingerprint density at radius 1 is 1.19 bits per heavy atom. The van der Waals surface area contributed by atoms with Crippen molar-refractivity contribution in [3.05, 3.63) is 35.4 Å². The lowest BCUT2D eigenvalue weighted by Crippen LogP contribution is -2.46. The molecule has 0 unspecified atom stereocenters. The lowest BCUT2D eigenvalue weighted by Gasteiger charge is -2.42. The van der Waals surface area contributed by atoms with E-state index in [-0.39, 0.29) is 15.9 Å². The van der Waals surface area contributed by atoms with Gasteiger partial charge >= 0.3 is 6.09 Å². The molecule has 0 atom stereocenters. The van der Waals surface area contributed by atoms with Crippen molar-refractivity contribution in [1.29, 1.82) is 5.26 Å². The molecule has 0 N–H and O–H groups in total. The quantitative estimate of drug-likeness (QED) is 0.494. The summed E-state index contributed by atoms with van der Waals surface area (Å²) < 4.78 is 12.0. The Morgan fingerprint density at radius 3 is 2.39 bits per heavy atom. The fourth-order valence-corrected chi connectivity index (χ4v) is 5.69. The summed E-state index contributed by atoms with van der Waals surface area (Å²) in [5, 5.41) is 9.47. The van der Waals surface area contributed by atoms with Gasteiger partial charge in [0.25, 0.3) is 9.04 Å². The Hall–Kier alpha value is -1.91. The first kappa shape index (κ1) is 23.7. The SMILES string of the molecule is C[Si](OC1=CC2(CCN(C(=O)OC(C)(C)C)CC2)Sc2ccc(C#N)cc21)C(C)(C)C. The average molecular weight is 458 g/mol. The molecule has 7 heteroatoms. The molecule has 2 heterocycles.